The third-order valence-electron chi connectivity index (χ3n) is 1.94. The zero-order chi connectivity index (χ0) is 11.4. The van der Waals surface area contributed by atoms with Crippen LogP contribution < -0.4 is 11.1 Å². The highest BCUT2D eigenvalue weighted by Crippen LogP contribution is 2.18. The molecule has 0 aliphatic carbocycles. The highest BCUT2D eigenvalue weighted by atomic mass is 19.1. The molecule has 3 N–H and O–H groups in total. The number of hydrogen-bond donors (Lipinski definition) is 2. The van der Waals surface area contributed by atoms with Gasteiger partial charge in [0.2, 0.25) is 5.91 Å². The summed E-state index contributed by atoms with van der Waals surface area (Å²) in [5.41, 5.74) is 6.41. The van der Waals surface area contributed by atoms with Crippen LogP contribution in [0.4, 0.5) is 15.8 Å². The molecule has 0 saturated carbocycles. The number of amides is 1. The van der Waals surface area contributed by atoms with Crippen LogP contribution in [0.5, 0.6) is 0 Å². The molecule has 82 valence electrons. The Bertz CT molecular complexity index is 366. The summed E-state index contributed by atoms with van der Waals surface area (Å²) in [5.74, 6) is -0.462. The highest BCUT2D eigenvalue weighted by molar-refractivity contribution is 5.81. The minimum Gasteiger partial charge on any atom is -0.397 e. The smallest absolute Gasteiger partial charge is 0.241 e. The average molecular weight is 211 g/mol. The van der Waals surface area contributed by atoms with Crippen LogP contribution in [0.25, 0.3) is 0 Å². The van der Waals surface area contributed by atoms with Gasteiger partial charge in [-0.2, -0.15) is 0 Å². The van der Waals surface area contributed by atoms with Gasteiger partial charge in [-0.3, -0.25) is 4.79 Å². The lowest BCUT2D eigenvalue weighted by atomic mass is 10.2. The van der Waals surface area contributed by atoms with Gasteiger partial charge in [0.05, 0.1) is 17.9 Å². The van der Waals surface area contributed by atoms with Gasteiger partial charge in [-0.25, -0.2) is 4.39 Å². The van der Waals surface area contributed by atoms with E-state index in [1.807, 2.05) is 0 Å². The minimum absolute atomic E-state index is 0.0706. The maximum Gasteiger partial charge on any atom is 0.241 e. The predicted molar refractivity (Wildman–Crippen MR) is 58.0 cm³/mol. The number of nitrogens with two attached hydrogens (primary N) is 1. The monoisotopic (exact) mass is 211 g/mol. The van der Waals surface area contributed by atoms with E-state index in [-0.39, 0.29) is 12.5 Å². The minimum atomic E-state index is -0.392. The molecule has 0 radical (unpaired) electrons. The summed E-state index contributed by atoms with van der Waals surface area (Å²) in [5, 5.41) is 2.84. The summed E-state index contributed by atoms with van der Waals surface area (Å²) >= 11 is 0. The normalized spacial score (nSPS) is 9.80. The van der Waals surface area contributed by atoms with E-state index in [9.17, 15) is 9.18 Å². The van der Waals surface area contributed by atoms with E-state index in [1.54, 1.807) is 14.1 Å². The molecule has 0 spiro atoms. The first-order valence-corrected chi connectivity index (χ1v) is 4.49. The maximum atomic E-state index is 12.7. The molecule has 0 fully saturated rings. The first-order valence-electron chi connectivity index (χ1n) is 4.49. The number of nitrogens with zero attached hydrogens (tertiary/aromatic N) is 1. The number of carbonyl (C=O) groups is 1. The van der Waals surface area contributed by atoms with Crippen molar-refractivity contribution in [1.82, 2.24) is 4.90 Å². The lowest BCUT2D eigenvalue weighted by Crippen LogP contribution is -2.28. The molecule has 0 bridgehead atoms. The number of anilines is 2. The van der Waals surface area contributed by atoms with Crippen LogP contribution in [0.15, 0.2) is 18.2 Å². The summed E-state index contributed by atoms with van der Waals surface area (Å²) in [7, 11) is 3.33. The van der Waals surface area contributed by atoms with Crippen LogP contribution in [0.3, 0.4) is 0 Å². The lowest BCUT2D eigenvalue weighted by molar-refractivity contribution is -0.126. The van der Waals surface area contributed by atoms with Gasteiger partial charge >= 0.3 is 0 Å². The number of halogens is 1. The van der Waals surface area contributed by atoms with Gasteiger partial charge < -0.3 is 16.0 Å². The van der Waals surface area contributed by atoms with E-state index < -0.39 is 5.82 Å². The summed E-state index contributed by atoms with van der Waals surface area (Å²) < 4.78 is 12.7. The Labute approximate surface area is 87.9 Å². The molecule has 1 rings (SSSR count). The molecule has 0 aromatic heterocycles. The van der Waals surface area contributed by atoms with Gasteiger partial charge in [0.1, 0.15) is 5.82 Å². The van der Waals surface area contributed by atoms with Gasteiger partial charge in [-0.05, 0) is 18.2 Å². The zero-order valence-electron chi connectivity index (χ0n) is 8.75. The van der Waals surface area contributed by atoms with E-state index in [0.29, 0.717) is 11.4 Å². The Morgan fingerprint density at radius 1 is 1.53 bits per heavy atom. The van der Waals surface area contributed by atoms with Crippen molar-refractivity contribution >= 4 is 17.3 Å². The summed E-state index contributed by atoms with van der Waals surface area (Å²) in [6, 6.07) is 4.01. The number of benzene rings is 1. The first-order chi connectivity index (χ1) is 7.00. The van der Waals surface area contributed by atoms with E-state index in [4.69, 9.17) is 5.73 Å². The Morgan fingerprint density at radius 2 is 2.20 bits per heavy atom. The van der Waals surface area contributed by atoms with Crippen molar-refractivity contribution < 1.29 is 9.18 Å². The van der Waals surface area contributed by atoms with Crippen LogP contribution in [-0.2, 0) is 4.79 Å². The Morgan fingerprint density at radius 3 is 2.73 bits per heavy atom. The molecule has 0 unspecified atom stereocenters. The number of hydrogen-bond acceptors (Lipinski definition) is 3. The standard InChI is InChI=1S/C10H14FN3O/c1-14(2)10(15)6-13-9-4-3-7(11)5-8(9)12/h3-5,13H,6,12H2,1-2H3. The molecule has 1 aromatic rings. The summed E-state index contributed by atoms with van der Waals surface area (Å²) in [4.78, 5) is 12.7. The summed E-state index contributed by atoms with van der Waals surface area (Å²) in [6.07, 6.45) is 0. The number of rotatable bonds is 3. The molecule has 15 heavy (non-hydrogen) atoms. The molecule has 0 saturated heterocycles. The fourth-order valence-corrected chi connectivity index (χ4v) is 1.02. The second-order valence-electron chi connectivity index (χ2n) is 3.37. The quantitative estimate of drug-likeness (QED) is 0.730. The molecule has 0 aliphatic rings. The second-order valence-corrected chi connectivity index (χ2v) is 3.37. The van der Waals surface area contributed by atoms with Gasteiger partial charge in [0.25, 0.3) is 0 Å². The van der Waals surface area contributed by atoms with Crippen LogP contribution in [-0.4, -0.2) is 31.4 Å². The van der Waals surface area contributed by atoms with Gasteiger partial charge in [-0.1, -0.05) is 0 Å². The van der Waals surface area contributed by atoms with Crippen molar-refractivity contribution in [3.05, 3.63) is 24.0 Å². The Balaban J connectivity index is 2.62. The SMILES string of the molecule is CN(C)C(=O)CNc1ccc(F)cc1N. The first kappa shape index (κ1) is 11.3. The van der Waals surface area contributed by atoms with Crippen molar-refractivity contribution in [3.8, 4) is 0 Å². The number of carbonyl (C=O) groups excluding carboxylic acids is 1. The zero-order valence-corrected chi connectivity index (χ0v) is 8.75. The maximum absolute atomic E-state index is 12.7. The van der Waals surface area contributed by atoms with Crippen molar-refractivity contribution in [2.45, 2.75) is 0 Å². The van der Waals surface area contributed by atoms with Gasteiger partial charge in [0.15, 0.2) is 0 Å². The number of likely N-dealkylation sites (N-methyl/N-ethyl adjacent to an activating group) is 1. The molecule has 4 nitrogen and oxygen atoms in total. The molecule has 0 heterocycles. The molecule has 0 atom stereocenters. The Hall–Kier alpha value is -1.78. The number of nitrogen functional groups attached to an aromatic ring is 1. The summed E-state index contributed by atoms with van der Waals surface area (Å²) in [6.45, 7) is 0.142. The van der Waals surface area contributed by atoms with Crippen molar-refractivity contribution in [1.29, 1.82) is 0 Å². The van der Waals surface area contributed by atoms with Crippen LogP contribution in [0, 0.1) is 5.82 Å². The van der Waals surface area contributed by atoms with Gasteiger partial charge in [0, 0.05) is 14.1 Å². The Kier molecular flexibility index (Phi) is 3.49. The van der Waals surface area contributed by atoms with Crippen LogP contribution in [0.2, 0.25) is 0 Å². The lowest BCUT2D eigenvalue weighted by Gasteiger charge is -2.12. The fraction of sp³-hybridized carbons (Fsp3) is 0.300. The van der Waals surface area contributed by atoms with Crippen molar-refractivity contribution in [2.75, 3.05) is 31.7 Å². The second kappa shape index (κ2) is 4.63. The van der Waals surface area contributed by atoms with E-state index in [1.165, 1.54) is 23.1 Å². The third kappa shape index (κ3) is 3.12. The van der Waals surface area contributed by atoms with Crippen molar-refractivity contribution in [2.24, 2.45) is 0 Å². The highest BCUT2D eigenvalue weighted by Gasteiger charge is 2.05. The molecule has 5 heteroatoms. The molecule has 1 amide bonds. The fourth-order valence-electron chi connectivity index (χ4n) is 1.02. The van der Waals surface area contributed by atoms with Crippen LogP contribution in [0.1, 0.15) is 0 Å². The van der Waals surface area contributed by atoms with Crippen LogP contribution >= 0.6 is 0 Å². The molecular weight excluding hydrogens is 197 g/mol. The van der Waals surface area contributed by atoms with E-state index in [2.05, 4.69) is 5.32 Å². The molecule has 1 aromatic carbocycles. The number of nitrogens with one attached hydrogen (secondary N) is 1. The van der Waals surface area contributed by atoms with Gasteiger partial charge in [-0.15, -0.1) is 0 Å². The van der Waals surface area contributed by atoms with E-state index >= 15 is 0 Å². The molecule has 0 aliphatic heterocycles. The average Bonchev–Trinajstić information content (AvgIpc) is 2.15. The molecular formula is C10H14FN3O. The van der Waals surface area contributed by atoms with Crippen molar-refractivity contribution in [3.63, 3.8) is 0 Å². The predicted octanol–water partition coefficient (Wildman–Crippen LogP) is 0.908. The topological polar surface area (TPSA) is 58.4 Å². The third-order valence-corrected chi connectivity index (χ3v) is 1.94. The van der Waals surface area contributed by atoms with E-state index in [0.717, 1.165) is 0 Å². The largest absolute Gasteiger partial charge is 0.397 e.